The molecular weight excluding hydrogens is 224 g/mol. The van der Waals surface area contributed by atoms with E-state index < -0.39 is 5.54 Å². The zero-order valence-corrected chi connectivity index (χ0v) is 12.1. The summed E-state index contributed by atoms with van der Waals surface area (Å²) < 4.78 is 0. The molecule has 0 bridgehead atoms. The van der Waals surface area contributed by atoms with Gasteiger partial charge in [-0.05, 0) is 64.8 Å². The fourth-order valence-corrected chi connectivity index (χ4v) is 2.41. The maximum Gasteiger partial charge on any atom is 0.252 e. The Bertz CT molecular complexity index is 503. The number of amides is 1. The van der Waals surface area contributed by atoms with Crippen LogP contribution in [0.5, 0.6) is 0 Å². The molecule has 1 aromatic rings. The van der Waals surface area contributed by atoms with Crippen LogP contribution in [0.3, 0.4) is 0 Å². The van der Waals surface area contributed by atoms with Crippen LogP contribution in [0, 0.1) is 13.8 Å². The van der Waals surface area contributed by atoms with Gasteiger partial charge in [0.05, 0.1) is 11.4 Å². The van der Waals surface area contributed by atoms with Crippen LogP contribution in [-0.2, 0) is 4.79 Å². The van der Waals surface area contributed by atoms with Crippen LogP contribution < -0.4 is 10.2 Å². The van der Waals surface area contributed by atoms with E-state index in [1.807, 2.05) is 18.7 Å². The molecule has 2 rings (SSSR count). The largest absolute Gasteiger partial charge is 0.370 e. The van der Waals surface area contributed by atoms with Gasteiger partial charge in [0.1, 0.15) is 5.54 Å². The summed E-state index contributed by atoms with van der Waals surface area (Å²) in [5.41, 5.74) is 3.97. The highest BCUT2D eigenvalue weighted by Gasteiger charge is 2.39. The van der Waals surface area contributed by atoms with Crippen LogP contribution in [-0.4, -0.2) is 17.5 Å². The van der Waals surface area contributed by atoms with Gasteiger partial charge in [-0.1, -0.05) is 0 Å². The van der Waals surface area contributed by atoms with Gasteiger partial charge in [-0.15, -0.1) is 0 Å². The first-order valence-electron chi connectivity index (χ1n) is 6.47. The van der Waals surface area contributed by atoms with E-state index in [1.165, 1.54) is 11.1 Å². The Morgan fingerprint density at radius 3 is 2.28 bits per heavy atom. The first kappa shape index (κ1) is 12.9. The summed E-state index contributed by atoms with van der Waals surface area (Å²) in [5.74, 6) is 0.133. The summed E-state index contributed by atoms with van der Waals surface area (Å²) in [6.45, 7) is 12.2. The van der Waals surface area contributed by atoms with Gasteiger partial charge in [-0.3, -0.25) is 4.79 Å². The number of anilines is 2. The van der Waals surface area contributed by atoms with Gasteiger partial charge in [0, 0.05) is 6.04 Å². The summed E-state index contributed by atoms with van der Waals surface area (Å²) in [5, 5.41) is 3.35. The van der Waals surface area contributed by atoms with Crippen molar-refractivity contribution >= 4 is 17.3 Å². The monoisotopic (exact) mass is 246 g/mol. The molecule has 1 N–H and O–H groups in total. The van der Waals surface area contributed by atoms with Crippen LogP contribution in [0.1, 0.15) is 38.8 Å². The number of hydrogen-bond donors (Lipinski definition) is 1. The van der Waals surface area contributed by atoms with E-state index in [-0.39, 0.29) is 11.9 Å². The zero-order chi connectivity index (χ0) is 13.7. The van der Waals surface area contributed by atoms with Crippen molar-refractivity contribution in [2.24, 2.45) is 0 Å². The molecule has 1 aliphatic rings. The zero-order valence-electron chi connectivity index (χ0n) is 12.1. The number of carbonyl (C=O) groups excluding carboxylic acids is 1. The minimum Gasteiger partial charge on any atom is -0.370 e. The minimum absolute atomic E-state index is 0.133. The van der Waals surface area contributed by atoms with Crippen LogP contribution >= 0.6 is 0 Å². The van der Waals surface area contributed by atoms with Gasteiger partial charge in [0.15, 0.2) is 0 Å². The van der Waals surface area contributed by atoms with Crippen molar-refractivity contribution in [3.05, 3.63) is 23.3 Å². The molecular formula is C15H22N2O. The Balaban J connectivity index is 2.64. The summed E-state index contributed by atoms with van der Waals surface area (Å²) in [6, 6.07) is 4.40. The minimum atomic E-state index is -0.543. The van der Waals surface area contributed by atoms with E-state index in [1.54, 1.807) is 0 Å². The van der Waals surface area contributed by atoms with Crippen molar-refractivity contribution in [2.45, 2.75) is 53.1 Å². The number of nitrogens with zero attached hydrogens (tertiary/aromatic N) is 1. The maximum atomic E-state index is 12.5. The predicted octanol–water partition coefficient (Wildman–Crippen LogP) is 3.25. The standard InChI is InChI=1S/C15H22N2O/c1-9(2)17-13-8-11(4)10(3)7-12(13)16-15(5,6)14(17)18/h7-9,16H,1-6H3. The molecule has 0 aliphatic carbocycles. The van der Waals surface area contributed by atoms with Gasteiger partial charge in [0.25, 0.3) is 5.91 Å². The number of carbonyl (C=O) groups is 1. The lowest BCUT2D eigenvalue weighted by Crippen LogP contribution is -2.56. The average molecular weight is 246 g/mol. The number of nitrogens with one attached hydrogen (secondary N) is 1. The van der Waals surface area contributed by atoms with E-state index in [2.05, 4.69) is 45.1 Å². The van der Waals surface area contributed by atoms with Crippen LogP contribution in [0.15, 0.2) is 12.1 Å². The highest BCUT2D eigenvalue weighted by molar-refractivity contribution is 6.07. The molecule has 3 heteroatoms. The fraction of sp³-hybridized carbons (Fsp3) is 0.533. The Kier molecular flexibility index (Phi) is 2.88. The lowest BCUT2D eigenvalue weighted by Gasteiger charge is -2.42. The van der Waals surface area contributed by atoms with Gasteiger partial charge < -0.3 is 10.2 Å². The summed E-state index contributed by atoms with van der Waals surface area (Å²) >= 11 is 0. The van der Waals surface area contributed by atoms with Crippen molar-refractivity contribution < 1.29 is 4.79 Å². The molecule has 3 nitrogen and oxygen atoms in total. The molecule has 0 saturated carbocycles. The number of fused-ring (bicyclic) bond motifs is 1. The number of rotatable bonds is 1. The first-order valence-corrected chi connectivity index (χ1v) is 6.47. The molecule has 0 atom stereocenters. The fourth-order valence-electron chi connectivity index (χ4n) is 2.41. The second kappa shape index (κ2) is 4.01. The van der Waals surface area contributed by atoms with Gasteiger partial charge in [0.2, 0.25) is 0 Å². The Morgan fingerprint density at radius 2 is 1.72 bits per heavy atom. The van der Waals surface area contributed by atoms with Crippen LogP contribution in [0.25, 0.3) is 0 Å². The van der Waals surface area contributed by atoms with Gasteiger partial charge in [-0.25, -0.2) is 0 Å². The van der Waals surface area contributed by atoms with E-state index in [0.29, 0.717) is 0 Å². The summed E-state index contributed by atoms with van der Waals surface area (Å²) in [7, 11) is 0. The second-order valence-electron chi connectivity index (χ2n) is 5.97. The number of hydrogen-bond acceptors (Lipinski definition) is 2. The smallest absolute Gasteiger partial charge is 0.252 e. The predicted molar refractivity (Wildman–Crippen MR) is 76.2 cm³/mol. The van der Waals surface area contributed by atoms with Crippen molar-refractivity contribution in [3.63, 3.8) is 0 Å². The quantitative estimate of drug-likeness (QED) is 0.825. The van der Waals surface area contributed by atoms with Crippen LogP contribution in [0.2, 0.25) is 0 Å². The maximum absolute atomic E-state index is 12.5. The third kappa shape index (κ3) is 1.88. The lowest BCUT2D eigenvalue weighted by molar-refractivity contribution is -0.122. The molecule has 1 aliphatic heterocycles. The molecule has 1 amide bonds. The molecule has 0 unspecified atom stereocenters. The number of benzene rings is 1. The lowest BCUT2D eigenvalue weighted by atomic mass is 9.95. The van der Waals surface area contributed by atoms with E-state index in [4.69, 9.17) is 0 Å². The summed E-state index contributed by atoms with van der Waals surface area (Å²) in [6.07, 6.45) is 0. The Labute approximate surface area is 109 Å². The molecule has 98 valence electrons. The molecule has 0 fully saturated rings. The van der Waals surface area contributed by atoms with Crippen LogP contribution in [0.4, 0.5) is 11.4 Å². The van der Waals surface area contributed by atoms with Crippen molar-refractivity contribution in [2.75, 3.05) is 10.2 Å². The molecule has 0 saturated heterocycles. The van der Waals surface area contributed by atoms with E-state index in [0.717, 1.165) is 11.4 Å². The average Bonchev–Trinajstić information content (AvgIpc) is 2.22. The van der Waals surface area contributed by atoms with Gasteiger partial charge in [-0.2, -0.15) is 0 Å². The number of aryl methyl sites for hydroxylation is 2. The molecule has 0 spiro atoms. The molecule has 1 aromatic carbocycles. The molecule has 0 radical (unpaired) electrons. The highest BCUT2D eigenvalue weighted by Crippen LogP contribution is 2.38. The molecule has 1 heterocycles. The molecule has 0 aromatic heterocycles. The highest BCUT2D eigenvalue weighted by atomic mass is 16.2. The summed E-state index contributed by atoms with van der Waals surface area (Å²) in [4.78, 5) is 14.4. The normalized spacial score (nSPS) is 17.7. The van der Waals surface area contributed by atoms with E-state index >= 15 is 0 Å². The van der Waals surface area contributed by atoms with Crippen molar-refractivity contribution in [1.82, 2.24) is 0 Å². The molecule has 18 heavy (non-hydrogen) atoms. The Hall–Kier alpha value is -1.51. The SMILES string of the molecule is Cc1cc2c(cc1C)N(C(C)C)C(=O)C(C)(C)N2. The third-order valence-electron chi connectivity index (χ3n) is 3.59. The second-order valence-corrected chi connectivity index (χ2v) is 5.97. The third-order valence-corrected chi connectivity index (χ3v) is 3.59. The topological polar surface area (TPSA) is 32.3 Å². The van der Waals surface area contributed by atoms with Gasteiger partial charge >= 0.3 is 0 Å². The Morgan fingerprint density at radius 1 is 1.17 bits per heavy atom. The van der Waals surface area contributed by atoms with E-state index in [9.17, 15) is 4.79 Å². The van der Waals surface area contributed by atoms with Crippen molar-refractivity contribution in [3.8, 4) is 0 Å². The van der Waals surface area contributed by atoms with Crippen molar-refractivity contribution in [1.29, 1.82) is 0 Å². The first-order chi connectivity index (χ1) is 8.24.